The number of aryl methyl sites for hydroxylation is 1. The van der Waals surface area contributed by atoms with E-state index in [9.17, 15) is 5.21 Å². The van der Waals surface area contributed by atoms with Gasteiger partial charge in [0, 0.05) is 23.7 Å². The van der Waals surface area contributed by atoms with E-state index in [0.29, 0.717) is 29.9 Å². The predicted molar refractivity (Wildman–Crippen MR) is 120 cm³/mol. The van der Waals surface area contributed by atoms with Crippen LogP contribution in [-0.2, 0) is 0 Å². The van der Waals surface area contributed by atoms with Crippen molar-refractivity contribution in [3.8, 4) is 11.6 Å². The van der Waals surface area contributed by atoms with Crippen LogP contribution in [0.25, 0.3) is 10.8 Å². The Hall–Kier alpha value is -2.96. The van der Waals surface area contributed by atoms with Crippen molar-refractivity contribution in [2.24, 2.45) is 4.99 Å². The molecule has 2 heterocycles. The second-order valence-electron chi connectivity index (χ2n) is 7.79. The molecule has 1 saturated heterocycles. The molecule has 1 fully saturated rings. The lowest BCUT2D eigenvalue weighted by molar-refractivity contribution is 0.234. The van der Waals surface area contributed by atoms with Crippen LogP contribution < -0.4 is 10.2 Å². The normalized spacial score (nSPS) is 17.4. The molecule has 2 aromatic carbocycles. The fourth-order valence-electron chi connectivity index (χ4n) is 4.03. The molecule has 1 aromatic heterocycles. The molecule has 3 aromatic rings. The molecule has 0 radical (unpaired) electrons. The second kappa shape index (κ2) is 9.24. The molecule has 2 N–H and O–H groups in total. The number of aromatic nitrogens is 1. The van der Waals surface area contributed by atoms with Crippen LogP contribution in [-0.4, -0.2) is 47.1 Å². The Morgan fingerprint density at radius 1 is 1.20 bits per heavy atom. The Kier molecular flexibility index (Phi) is 6.26. The number of hydrogen-bond donors (Lipinski definition) is 2. The van der Waals surface area contributed by atoms with Gasteiger partial charge in [-0.25, -0.2) is 4.98 Å². The third-order valence-corrected chi connectivity index (χ3v) is 5.72. The number of pyridine rings is 1. The first kappa shape index (κ1) is 20.3. The van der Waals surface area contributed by atoms with Crippen LogP contribution in [0, 0.1) is 6.92 Å². The molecule has 1 aliphatic heterocycles. The lowest BCUT2D eigenvalue weighted by Gasteiger charge is -2.18. The van der Waals surface area contributed by atoms with Gasteiger partial charge in [-0.15, -0.1) is 0 Å². The van der Waals surface area contributed by atoms with Gasteiger partial charge in [-0.3, -0.25) is 15.7 Å². The quantitative estimate of drug-likeness (QED) is 0.358. The van der Waals surface area contributed by atoms with Gasteiger partial charge in [-0.1, -0.05) is 36.4 Å². The van der Waals surface area contributed by atoms with Crippen LogP contribution in [0.3, 0.4) is 0 Å². The summed E-state index contributed by atoms with van der Waals surface area (Å²) in [5, 5.41) is 11.9. The highest BCUT2D eigenvalue weighted by atomic mass is 16.5. The zero-order chi connectivity index (χ0) is 20.9. The highest BCUT2D eigenvalue weighted by molar-refractivity contribution is 6.00. The summed E-state index contributed by atoms with van der Waals surface area (Å²) in [5.74, 6) is 1.51. The van der Waals surface area contributed by atoms with Gasteiger partial charge in [0.05, 0.1) is 5.56 Å². The molecule has 0 spiro atoms. The number of aliphatic imine (C=N–C) groups is 1. The van der Waals surface area contributed by atoms with Crippen molar-refractivity contribution in [1.82, 2.24) is 15.4 Å². The first-order chi connectivity index (χ1) is 14.7. The number of ether oxygens (including phenoxy) is 1. The lowest BCUT2D eigenvalue weighted by atomic mass is 10.1. The minimum absolute atomic E-state index is 0.374. The molecule has 0 saturated carbocycles. The highest BCUT2D eigenvalue weighted by Gasteiger charge is 2.20. The monoisotopic (exact) mass is 404 g/mol. The maximum Gasteiger partial charge on any atom is 0.230 e. The summed E-state index contributed by atoms with van der Waals surface area (Å²) in [5.41, 5.74) is 3.72. The number of hydrogen-bond acceptors (Lipinski definition) is 5. The Labute approximate surface area is 177 Å². The summed E-state index contributed by atoms with van der Waals surface area (Å²) in [4.78, 5) is 11.6. The van der Waals surface area contributed by atoms with E-state index in [2.05, 4.69) is 39.5 Å². The molecule has 6 nitrogen and oxygen atoms in total. The molecule has 0 aliphatic carbocycles. The first-order valence-corrected chi connectivity index (χ1v) is 10.4. The van der Waals surface area contributed by atoms with E-state index in [4.69, 9.17) is 4.74 Å². The van der Waals surface area contributed by atoms with Crippen LogP contribution in [0.1, 0.15) is 30.5 Å². The van der Waals surface area contributed by atoms with Crippen LogP contribution in [0.2, 0.25) is 0 Å². The Bertz CT molecular complexity index is 1050. The van der Waals surface area contributed by atoms with E-state index in [1.165, 1.54) is 12.8 Å². The number of benzene rings is 2. The van der Waals surface area contributed by atoms with E-state index >= 15 is 0 Å². The standard InChI is InChI=1S/C24H28N4O2/c1-17-12-13-21(23(27-29)25-15-14-19-9-6-16-28(19)2)24(26-17)30-22-11-5-8-18-7-3-4-10-20(18)22/h3-5,7-8,10-13,19,29H,6,9,14-16H2,1-2H3,(H,25,27). The molecule has 4 rings (SSSR count). The predicted octanol–water partition coefficient (Wildman–Crippen LogP) is 4.55. The smallest absolute Gasteiger partial charge is 0.230 e. The van der Waals surface area contributed by atoms with Gasteiger partial charge in [0.1, 0.15) is 5.75 Å². The maximum absolute atomic E-state index is 9.78. The van der Waals surface area contributed by atoms with Gasteiger partial charge < -0.3 is 9.64 Å². The van der Waals surface area contributed by atoms with Gasteiger partial charge >= 0.3 is 0 Å². The first-order valence-electron chi connectivity index (χ1n) is 10.4. The molecule has 1 unspecified atom stereocenters. The molecule has 0 bridgehead atoms. The summed E-state index contributed by atoms with van der Waals surface area (Å²) >= 11 is 0. The molecule has 1 atom stereocenters. The van der Waals surface area contributed by atoms with Gasteiger partial charge in [-0.05, 0) is 63.4 Å². The number of fused-ring (bicyclic) bond motifs is 1. The third kappa shape index (κ3) is 4.45. The van der Waals surface area contributed by atoms with Crippen LogP contribution in [0.15, 0.2) is 59.6 Å². The summed E-state index contributed by atoms with van der Waals surface area (Å²) in [7, 11) is 2.16. The van der Waals surface area contributed by atoms with Crippen molar-refractivity contribution in [1.29, 1.82) is 0 Å². The molecular weight excluding hydrogens is 376 g/mol. The van der Waals surface area contributed by atoms with E-state index in [0.717, 1.165) is 35.2 Å². The number of rotatable bonds is 6. The summed E-state index contributed by atoms with van der Waals surface area (Å²) in [6, 6.07) is 18.3. The van der Waals surface area contributed by atoms with Crippen molar-refractivity contribution in [2.45, 2.75) is 32.2 Å². The van der Waals surface area contributed by atoms with Gasteiger partial charge in [-0.2, -0.15) is 0 Å². The van der Waals surface area contributed by atoms with Crippen molar-refractivity contribution < 1.29 is 9.94 Å². The maximum atomic E-state index is 9.78. The molecule has 6 heteroatoms. The zero-order valence-electron chi connectivity index (χ0n) is 17.5. The fraction of sp³-hybridized carbons (Fsp3) is 0.333. The average molecular weight is 405 g/mol. The van der Waals surface area contributed by atoms with Gasteiger partial charge in [0.15, 0.2) is 5.84 Å². The minimum Gasteiger partial charge on any atom is -0.438 e. The number of nitrogens with zero attached hydrogens (tertiary/aromatic N) is 3. The molecule has 0 amide bonds. The molecule has 156 valence electrons. The van der Waals surface area contributed by atoms with Gasteiger partial charge in [0.2, 0.25) is 5.88 Å². The van der Waals surface area contributed by atoms with Crippen LogP contribution >= 0.6 is 0 Å². The minimum atomic E-state index is 0.374. The number of likely N-dealkylation sites (tertiary alicyclic amines) is 1. The summed E-state index contributed by atoms with van der Waals surface area (Å²) in [6.07, 6.45) is 3.40. The summed E-state index contributed by atoms with van der Waals surface area (Å²) < 4.78 is 6.23. The second-order valence-corrected chi connectivity index (χ2v) is 7.79. The number of hydroxylamine groups is 1. The topological polar surface area (TPSA) is 70.0 Å². The largest absolute Gasteiger partial charge is 0.438 e. The number of nitrogens with one attached hydrogen (secondary N) is 1. The van der Waals surface area contributed by atoms with E-state index < -0.39 is 0 Å². The van der Waals surface area contributed by atoms with Crippen molar-refractivity contribution in [2.75, 3.05) is 20.1 Å². The van der Waals surface area contributed by atoms with Gasteiger partial charge in [0.25, 0.3) is 0 Å². The Balaban J connectivity index is 1.61. The van der Waals surface area contributed by atoms with Crippen molar-refractivity contribution >= 4 is 16.6 Å². The lowest BCUT2D eigenvalue weighted by Crippen LogP contribution is -2.26. The van der Waals surface area contributed by atoms with E-state index in [1.54, 1.807) is 0 Å². The van der Waals surface area contributed by atoms with E-state index in [1.807, 2.05) is 49.4 Å². The molecule has 30 heavy (non-hydrogen) atoms. The van der Waals surface area contributed by atoms with E-state index in [-0.39, 0.29) is 0 Å². The Morgan fingerprint density at radius 3 is 2.83 bits per heavy atom. The van der Waals surface area contributed by atoms with Crippen LogP contribution in [0.4, 0.5) is 0 Å². The molecular formula is C24H28N4O2. The van der Waals surface area contributed by atoms with Crippen molar-refractivity contribution in [3.05, 3.63) is 65.9 Å². The zero-order valence-corrected chi connectivity index (χ0v) is 17.5. The average Bonchev–Trinajstić information content (AvgIpc) is 3.17. The fourth-order valence-corrected chi connectivity index (χ4v) is 4.03. The molecule has 1 aliphatic rings. The highest BCUT2D eigenvalue weighted by Crippen LogP contribution is 2.31. The number of amidine groups is 1. The van der Waals surface area contributed by atoms with Crippen molar-refractivity contribution in [3.63, 3.8) is 0 Å². The Morgan fingerprint density at radius 2 is 2.03 bits per heavy atom. The third-order valence-electron chi connectivity index (χ3n) is 5.72. The SMILES string of the molecule is Cc1ccc(C(=NCCC2CCCN2C)NO)c(Oc2cccc3ccccc23)n1. The van der Waals surface area contributed by atoms with Crippen LogP contribution in [0.5, 0.6) is 11.6 Å². The summed E-state index contributed by atoms with van der Waals surface area (Å²) in [6.45, 7) is 3.68.